The van der Waals surface area contributed by atoms with Gasteiger partial charge in [-0.05, 0) is 25.9 Å². The molecule has 4 nitrogen and oxygen atoms in total. The molecule has 1 saturated heterocycles. The minimum Gasteiger partial charge on any atom is -0.459 e. The molecule has 0 amide bonds. The SMILES string of the molecule is CCC(=O)OC(COC)CN1CCC(I)CC1. The average Bonchev–Trinajstić information content (AvgIpc) is 2.32. The number of hydrogen-bond donors (Lipinski definition) is 0. The third-order valence-electron chi connectivity index (χ3n) is 2.92. The Balaban J connectivity index is 2.34. The van der Waals surface area contributed by atoms with Crippen molar-refractivity contribution in [3.63, 3.8) is 0 Å². The highest BCUT2D eigenvalue weighted by Crippen LogP contribution is 2.18. The molecule has 1 aliphatic heterocycles. The summed E-state index contributed by atoms with van der Waals surface area (Å²) in [4.78, 5) is 13.7. The van der Waals surface area contributed by atoms with E-state index in [1.54, 1.807) is 7.11 Å². The Morgan fingerprint density at radius 1 is 1.47 bits per heavy atom. The summed E-state index contributed by atoms with van der Waals surface area (Å²) in [6.07, 6.45) is 2.75. The van der Waals surface area contributed by atoms with E-state index < -0.39 is 0 Å². The predicted octanol–water partition coefficient (Wildman–Crippen LogP) is 1.85. The lowest BCUT2D eigenvalue weighted by Gasteiger charge is -2.32. The molecule has 100 valence electrons. The first-order valence-corrected chi connectivity index (χ1v) is 7.45. The van der Waals surface area contributed by atoms with Crippen molar-refractivity contribution in [2.24, 2.45) is 0 Å². The van der Waals surface area contributed by atoms with Gasteiger partial charge in [0.25, 0.3) is 0 Å². The number of likely N-dealkylation sites (tertiary alicyclic amines) is 1. The number of methoxy groups -OCH3 is 1. The predicted molar refractivity (Wildman–Crippen MR) is 75.5 cm³/mol. The van der Waals surface area contributed by atoms with Crippen molar-refractivity contribution in [1.29, 1.82) is 0 Å². The molecule has 0 aromatic carbocycles. The lowest BCUT2D eigenvalue weighted by atomic mass is 10.1. The van der Waals surface area contributed by atoms with E-state index >= 15 is 0 Å². The van der Waals surface area contributed by atoms with Crippen molar-refractivity contribution in [1.82, 2.24) is 4.90 Å². The largest absolute Gasteiger partial charge is 0.459 e. The first-order chi connectivity index (χ1) is 8.15. The van der Waals surface area contributed by atoms with E-state index in [0.29, 0.717) is 13.0 Å². The van der Waals surface area contributed by atoms with E-state index in [-0.39, 0.29) is 12.1 Å². The normalized spacial score (nSPS) is 20.2. The second-order valence-corrected chi connectivity index (χ2v) is 6.16. The van der Waals surface area contributed by atoms with Gasteiger partial charge in [-0.3, -0.25) is 9.69 Å². The zero-order valence-electron chi connectivity index (χ0n) is 10.7. The summed E-state index contributed by atoms with van der Waals surface area (Å²) >= 11 is 2.51. The Kier molecular flexibility index (Phi) is 7.38. The highest BCUT2D eigenvalue weighted by molar-refractivity contribution is 14.1. The molecule has 1 heterocycles. The molecule has 1 fully saturated rings. The van der Waals surface area contributed by atoms with Gasteiger partial charge >= 0.3 is 5.97 Å². The number of halogens is 1. The van der Waals surface area contributed by atoms with Crippen LogP contribution < -0.4 is 0 Å². The van der Waals surface area contributed by atoms with Crippen LogP contribution in [0.25, 0.3) is 0 Å². The lowest BCUT2D eigenvalue weighted by molar-refractivity contribution is -0.152. The van der Waals surface area contributed by atoms with Crippen LogP contribution in [0.15, 0.2) is 0 Å². The zero-order chi connectivity index (χ0) is 12.7. The van der Waals surface area contributed by atoms with Gasteiger partial charge in [-0.15, -0.1) is 0 Å². The van der Waals surface area contributed by atoms with Crippen molar-refractivity contribution in [3.8, 4) is 0 Å². The minimum atomic E-state index is -0.143. The van der Waals surface area contributed by atoms with Crippen LogP contribution in [0.1, 0.15) is 26.2 Å². The summed E-state index contributed by atoms with van der Waals surface area (Å²) in [5.41, 5.74) is 0. The Morgan fingerprint density at radius 3 is 2.65 bits per heavy atom. The van der Waals surface area contributed by atoms with Gasteiger partial charge in [-0.25, -0.2) is 0 Å². The molecule has 5 heteroatoms. The van der Waals surface area contributed by atoms with Crippen LogP contribution in [0.2, 0.25) is 0 Å². The molecule has 0 aliphatic carbocycles. The van der Waals surface area contributed by atoms with Crippen LogP contribution in [0, 0.1) is 0 Å². The van der Waals surface area contributed by atoms with E-state index in [0.717, 1.165) is 23.6 Å². The molecule has 0 aromatic heterocycles. The summed E-state index contributed by atoms with van der Waals surface area (Å²) in [6, 6.07) is 0. The summed E-state index contributed by atoms with van der Waals surface area (Å²) in [5, 5.41) is 0. The van der Waals surface area contributed by atoms with Gasteiger partial charge in [0.2, 0.25) is 0 Å². The highest BCUT2D eigenvalue weighted by Gasteiger charge is 2.21. The van der Waals surface area contributed by atoms with Crippen molar-refractivity contribution in [3.05, 3.63) is 0 Å². The number of hydrogen-bond acceptors (Lipinski definition) is 4. The minimum absolute atomic E-state index is 0.127. The Bertz CT molecular complexity index is 230. The summed E-state index contributed by atoms with van der Waals surface area (Å²) < 4.78 is 11.3. The number of alkyl halides is 1. The third-order valence-corrected chi connectivity index (χ3v) is 4.16. The molecule has 0 saturated carbocycles. The molecule has 0 N–H and O–H groups in total. The topological polar surface area (TPSA) is 38.8 Å². The molecule has 1 atom stereocenters. The Hall–Kier alpha value is 0.120. The molecule has 1 aliphatic rings. The van der Waals surface area contributed by atoms with Gasteiger partial charge in [0, 0.05) is 24.0 Å². The second-order valence-electron chi connectivity index (χ2n) is 4.40. The second kappa shape index (κ2) is 8.26. The van der Waals surface area contributed by atoms with E-state index in [1.165, 1.54) is 12.8 Å². The smallest absolute Gasteiger partial charge is 0.305 e. The third kappa shape index (κ3) is 6.01. The van der Waals surface area contributed by atoms with Crippen molar-refractivity contribution in [2.75, 3.05) is 33.4 Å². The van der Waals surface area contributed by atoms with E-state index in [9.17, 15) is 4.79 Å². The molecule has 1 unspecified atom stereocenters. The standard InChI is InChI=1S/C12H22INO3/c1-3-12(15)17-11(9-16-2)8-14-6-4-10(13)5-7-14/h10-11H,3-9H2,1-2H3. The van der Waals surface area contributed by atoms with Gasteiger partial charge in [0.1, 0.15) is 6.10 Å². The summed E-state index contributed by atoms with van der Waals surface area (Å²) in [7, 11) is 1.64. The monoisotopic (exact) mass is 355 g/mol. The summed E-state index contributed by atoms with van der Waals surface area (Å²) in [6.45, 7) is 5.28. The lowest BCUT2D eigenvalue weighted by Crippen LogP contribution is -2.42. The molecule has 1 rings (SSSR count). The van der Waals surface area contributed by atoms with E-state index in [4.69, 9.17) is 9.47 Å². The molecular weight excluding hydrogens is 333 g/mol. The van der Waals surface area contributed by atoms with Crippen molar-refractivity contribution >= 4 is 28.6 Å². The van der Waals surface area contributed by atoms with Gasteiger partial charge in [0.15, 0.2) is 0 Å². The number of piperidine rings is 1. The van der Waals surface area contributed by atoms with Gasteiger partial charge in [-0.2, -0.15) is 0 Å². The number of ether oxygens (including phenoxy) is 2. The Labute approximate surface area is 117 Å². The zero-order valence-corrected chi connectivity index (χ0v) is 12.8. The maximum absolute atomic E-state index is 11.3. The fraction of sp³-hybridized carbons (Fsp3) is 0.917. The van der Waals surface area contributed by atoms with Crippen molar-refractivity contribution < 1.29 is 14.3 Å². The quantitative estimate of drug-likeness (QED) is 0.414. The molecular formula is C12H22INO3. The van der Waals surface area contributed by atoms with Crippen LogP contribution in [-0.2, 0) is 14.3 Å². The number of carbonyl (C=O) groups is 1. The number of esters is 1. The molecule has 0 spiro atoms. The van der Waals surface area contributed by atoms with Gasteiger partial charge in [0.05, 0.1) is 6.61 Å². The van der Waals surface area contributed by atoms with Gasteiger partial charge in [-0.1, -0.05) is 29.5 Å². The molecule has 0 aromatic rings. The van der Waals surface area contributed by atoms with Crippen LogP contribution in [0.3, 0.4) is 0 Å². The summed E-state index contributed by atoms with van der Waals surface area (Å²) in [5.74, 6) is -0.143. The molecule has 0 bridgehead atoms. The molecule has 0 radical (unpaired) electrons. The van der Waals surface area contributed by atoms with E-state index in [2.05, 4.69) is 27.5 Å². The fourth-order valence-corrected chi connectivity index (χ4v) is 2.51. The first kappa shape index (κ1) is 15.2. The van der Waals surface area contributed by atoms with Crippen LogP contribution in [0.5, 0.6) is 0 Å². The highest BCUT2D eigenvalue weighted by atomic mass is 127. The average molecular weight is 355 g/mol. The van der Waals surface area contributed by atoms with Crippen molar-refractivity contribution in [2.45, 2.75) is 36.2 Å². The molecule has 17 heavy (non-hydrogen) atoms. The van der Waals surface area contributed by atoms with Crippen LogP contribution in [0.4, 0.5) is 0 Å². The maximum atomic E-state index is 11.3. The van der Waals surface area contributed by atoms with Gasteiger partial charge < -0.3 is 9.47 Å². The fourth-order valence-electron chi connectivity index (χ4n) is 1.95. The number of rotatable bonds is 6. The first-order valence-electron chi connectivity index (χ1n) is 6.20. The van der Waals surface area contributed by atoms with E-state index in [1.807, 2.05) is 6.92 Å². The Morgan fingerprint density at radius 2 is 2.12 bits per heavy atom. The van der Waals surface area contributed by atoms with Crippen LogP contribution in [-0.4, -0.2) is 54.2 Å². The number of carbonyl (C=O) groups excluding carboxylic acids is 1. The maximum Gasteiger partial charge on any atom is 0.305 e. The van der Waals surface area contributed by atoms with Crippen LogP contribution >= 0.6 is 22.6 Å². The number of nitrogens with zero attached hydrogens (tertiary/aromatic N) is 1.